The van der Waals surface area contributed by atoms with Crippen LogP contribution in [0.25, 0.3) is 0 Å². The van der Waals surface area contributed by atoms with Crippen LogP contribution in [-0.2, 0) is 30.9 Å². The average molecular weight is 509 g/mol. The Kier molecular flexibility index (Phi) is 9.47. The van der Waals surface area contributed by atoms with E-state index >= 15 is 0 Å². The molecule has 0 aliphatic carbocycles. The third kappa shape index (κ3) is 7.91. The van der Waals surface area contributed by atoms with Crippen molar-refractivity contribution in [2.24, 2.45) is 5.92 Å². The van der Waals surface area contributed by atoms with Gasteiger partial charge in [-0.2, -0.15) is 0 Å². The second-order valence-corrected chi connectivity index (χ2v) is 10.9. The second-order valence-electron chi connectivity index (χ2n) is 9.15. The number of carbonyl (C=O) groups excluding carboxylic acids is 2. The lowest BCUT2D eigenvalue weighted by atomic mass is 9.97. The van der Waals surface area contributed by atoms with Gasteiger partial charge < -0.3 is 15.1 Å². The summed E-state index contributed by atoms with van der Waals surface area (Å²) < 4.78 is 26.4. The molecule has 0 saturated carbocycles. The minimum atomic E-state index is -3.62. The maximum atomic E-state index is 13.4. The highest BCUT2D eigenvalue weighted by molar-refractivity contribution is 7.88. The Balaban J connectivity index is 1.57. The molecule has 2 saturated heterocycles. The molecule has 0 unspecified atom stereocenters. The number of nitrogens with one attached hydrogen (secondary N) is 4. The topological polar surface area (TPSA) is 144 Å². The number of hydrogen-bond donors (Lipinski definition) is 4. The van der Waals surface area contributed by atoms with Gasteiger partial charge in [-0.15, -0.1) is 0 Å². The maximum absolute atomic E-state index is 13.4. The molecule has 2 aliphatic rings. The predicted molar refractivity (Wildman–Crippen MR) is 132 cm³/mol. The maximum Gasteiger partial charge on any atom is 0.242 e. The van der Waals surface area contributed by atoms with Gasteiger partial charge in [-0.05, 0) is 43.6 Å². The summed E-state index contributed by atoms with van der Waals surface area (Å²) in [6.07, 6.45) is 4.14. The van der Waals surface area contributed by atoms with Gasteiger partial charge in [-0.25, -0.2) is 18.6 Å². The summed E-state index contributed by atoms with van der Waals surface area (Å²) in [5.41, 5.74) is 3.37. The SMILES string of the molecule is CONC(=N)N1CCC(CNC(=O)[C@@H]2CCCN2C(=O)[C@@H](Cc2ccccc2)NS(C)(=O)=O)CC1. The third-order valence-corrected chi connectivity index (χ3v) is 7.18. The Labute approximate surface area is 207 Å². The Hall–Kier alpha value is -2.70. The Morgan fingerprint density at radius 1 is 1.14 bits per heavy atom. The molecule has 12 heteroatoms. The van der Waals surface area contributed by atoms with E-state index in [0.717, 1.165) is 24.7 Å². The number of amides is 2. The fourth-order valence-electron chi connectivity index (χ4n) is 4.68. The highest BCUT2D eigenvalue weighted by Crippen LogP contribution is 2.21. The van der Waals surface area contributed by atoms with Gasteiger partial charge in [0.05, 0.1) is 13.4 Å². The molecular weight excluding hydrogens is 472 g/mol. The molecule has 2 atom stereocenters. The van der Waals surface area contributed by atoms with E-state index in [2.05, 4.69) is 15.5 Å². The molecule has 35 heavy (non-hydrogen) atoms. The highest BCUT2D eigenvalue weighted by Gasteiger charge is 2.38. The zero-order valence-corrected chi connectivity index (χ0v) is 21.1. The molecule has 2 fully saturated rings. The van der Waals surface area contributed by atoms with Crippen molar-refractivity contribution in [2.45, 2.75) is 44.2 Å². The number of hydrogen-bond acceptors (Lipinski definition) is 6. The molecule has 0 spiro atoms. The molecule has 2 amide bonds. The fourth-order valence-corrected chi connectivity index (χ4v) is 5.38. The van der Waals surface area contributed by atoms with Crippen molar-refractivity contribution < 1.29 is 22.8 Å². The third-order valence-electron chi connectivity index (χ3n) is 6.47. The van der Waals surface area contributed by atoms with Crippen LogP contribution in [0, 0.1) is 11.3 Å². The van der Waals surface area contributed by atoms with Crippen LogP contribution in [0.5, 0.6) is 0 Å². The Morgan fingerprint density at radius 2 is 1.83 bits per heavy atom. The van der Waals surface area contributed by atoms with Crippen LogP contribution in [0.3, 0.4) is 0 Å². The van der Waals surface area contributed by atoms with Gasteiger partial charge in [-0.1, -0.05) is 30.3 Å². The summed E-state index contributed by atoms with van der Waals surface area (Å²) in [7, 11) is -2.16. The monoisotopic (exact) mass is 508 g/mol. The van der Waals surface area contributed by atoms with Crippen molar-refractivity contribution in [3.8, 4) is 0 Å². The van der Waals surface area contributed by atoms with Crippen molar-refractivity contribution >= 4 is 27.8 Å². The number of carbonyl (C=O) groups is 2. The number of hydroxylamine groups is 1. The second kappa shape index (κ2) is 12.3. The highest BCUT2D eigenvalue weighted by atomic mass is 32.2. The first-order valence-corrected chi connectivity index (χ1v) is 13.8. The van der Waals surface area contributed by atoms with E-state index in [1.807, 2.05) is 35.2 Å². The predicted octanol–water partition coefficient (Wildman–Crippen LogP) is 0.0519. The number of benzene rings is 1. The molecule has 3 rings (SSSR count). The number of guanidine groups is 1. The minimum Gasteiger partial charge on any atom is -0.354 e. The van der Waals surface area contributed by atoms with Crippen LogP contribution in [0.2, 0.25) is 0 Å². The number of piperidine rings is 1. The zero-order chi connectivity index (χ0) is 25.4. The van der Waals surface area contributed by atoms with Crippen LogP contribution in [0.4, 0.5) is 0 Å². The van der Waals surface area contributed by atoms with Crippen molar-refractivity contribution in [1.29, 1.82) is 5.41 Å². The van der Waals surface area contributed by atoms with E-state index in [0.29, 0.717) is 39.0 Å². The summed E-state index contributed by atoms with van der Waals surface area (Å²) in [6.45, 7) is 2.32. The standard InChI is InChI=1S/C23H36N6O5S/c1-34-26-23(24)28-13-10-18(11-14-28)16-25-21(30)20-9-6-12-29(20)22(31)19(27-35(2,32)33)15-17-7-4-3-5-8-17/h3-5,7-8,18-20,27H,6,9-16H2,1-2H3,(H2,24,26)(H,25,30)/t19-,20+/m1/s1. The van der Waals surface area contributed by atoms with Crippen molar-refractivity contribution in [3.05, 3.63) is 35.9 Å². The molecule has 1 aromatic rings. The fraction of sp³-hybridized carbons (Fsp3) is 0.609. The van der Waals surface area contributed by atoms with Crippen molar-refractivity contribution in [1.82, 2.24) is 25.3 Å². The quantitative estimate of drug-likeness (QED) is 0.210. The van der Waals surface area contributed by atoms with Gasteiger partial charge in [0.2, 0.25) is 27.8 Å². The Bertz CT molecular complexity index is 981. The van der Waals surface area contributed by atoms with E-state index in [1.165, 1.54) is 12.0 Å². The lowest BCUT2D eigenvalue weighted by Crippen LogP contribution is -2.54. The molecule has 2 heterocycles. The van der Waals surface area contributed by atoms with Gasteiger partial charge in [0.15, 0.2) is 0 Å². The first-order valence-electron chi connectivity index (χ1n) is 11.9. The van der Waals surface area contributed by atoms with E-state index in [9.17, 15) is 18.0 Å². The van der Waals surface area contributed by atoms with Gasteiger partial charge in [0, 0.05) is 26.2 Å². The van der Waals surface area contributed by atoms with E-state index in [4.69, 9.17) is 10.2 Å². The minimum absolute atomic E-state index is 0.204. The van der Waals surface area contributed by atoms with Crippen molar-refractivity contribution in [3.63, 3.8) is 0 Å². The Morgan fingerprint density at radius 3 is 2.46 bits per heavy atom. The van der Waals surface area contributed by atoms with E-state index in [-0.39, 0.29) is 30.1 Å². The lowest BCUT2D eigenvalue weighted by Gasteiger charge is -2.33. The molecule has 0 aromatic heterocycles. The first-order chi connectivity index (χ1) is 16.7. The van der Waals surface area contributed by atoms with Crippen molar-refractivity contribution in [2.75, 3.05) is 39.5 Å². The first kappa shape index (κ1) is 26.9. The normalized spacial score (nSPS) is 19.9. The summed E-state index contributed by atoms with van der Waals surface area (Å²) in [4.78, 5) is 34.6. The number of sulfonamides is 1. The molecule has 1 aromatic carbocycles. The largest absolute Gasteiger partial charge is 0.354 e. The van der Waals surface area contributed by atoms with Gasteiger partial charge in [-0.3, -0.25) is 19.8 Å². The molecule has 4 N–H and O–H groups in total. The average Bonchev–Trinajstić information content (AvgIpc) is 3.32. The lowest BCUT2D eigenvalue weighted by molar-refractivity contribution is -0.139. The molecule has 2 aliphatic heterocycles. The summed E-state index contributed by atoms with van der Waals surface area (Å²) >= 11 is 0. The van der Waals surface area contributed by atoms with Crippen LogP contribution >= 0.6 is 0 Å². The van der Waals surface area contributed by atoms with Crippen LogP contribution < -0.4 is 15.5 Å². The number of likely N-dealkylation sites (tertiary alicyclic amines) is 2. The smallest absolute Gasteiger partial charge is 0.242 e. The summed E-state index contributed by atoms with van der Waals surface area (Å²) in [5, 5.41) is 10.9. The van der Waals surface area contributed by atoms with Crippen LogP contribution in [0.1, 0.15) is 31.2 Å². The van der Waals surface area contributed by atoms with Gasteiger partial charge >= 0.3 is 0 Å². The van der Waals surface area contributed by atoms with Crippen LogP contribution in [0.15, 0.2) is 30.3 Å². The van der Waals surface area contributed by atoms with Crippen LogP contribution in [-0.4, -0.2) is 87.6 Å². The zero-order valence-electron chi connectivity index (χ0n) is 20.3. The molecule has 0 bridgehead atoms. The van der Waals surface area contributed by atoms with E-state index < -0.39 is 22.1 Å². The molecular formula is C23H36N6O5S. The number of nitrogens with zero attached hydrogens (tertiary/aromatic N) is 2. The number of rotatable bonds is 9. The van der Waals surface area contributed by atoms with E-state index in [1.54, 1.807) is 0 Å². The van der Waals surface area contributed by atoms with Gasteiger partial charge in [0.25, 0.3) is 0 Å². The summed E-state index contributed by atoms with van der Waals surface area (Å²) in [6, 6.07) is 7.64. The molecule has 11 nitrogen and oxygen atoms in total. The summed E-state index contributed by atoms with van der Waals surface area (Å²) in [5.74, 6) is -0.0732. The van der Waals surface area contributed by atoms with Gasteiger partial charge in [0.1, 0.15) is 12.1 Å². The molecule has 194 valence electrons. The molecule has 0 radical (unpaired) electrons.